The number of hydrogen-bond acceptors (Lipinski definition) is 4. The monoisotopic (exact) mass is 309 g/mol. The molecule has 22 heavy (non-hydrogen) atoms. The zero-order valence-electron chi connectivity index (χ0n) is 12.9. The Hall–Kier alpha value is -2.08. The van der Waals surface area contributed by atoms with E-state index < -0.39 is 30.6 Å². The van der Waals surface area contributed by atoms with Gasteiger partial charge in [-0.2, -0.15) is 0 Å². The van der Waals surface area contributed by atoms with Gasteiger partial charge >= 0.3 is 12.1 Å². The van der Waals surface area contributed by atoms with Gasteiger partial charge in [0.25, 0.3) is 0 Å². The SMILES string of the molecule is CC(C)C[C@@H](NC(=O)OCc1ccccc1)[C@H](O)CC(=O)O. The minimum Gasteiger partial charge on any atom is -0.481 e. The van der Waals surface area contributed by atoms with Gasteiger partial charge in [-0.3, -0.25) is 4.79 Å². The Kier molecular flexibility index (Phi) is 7.39. The smallest absolute Gasteiger partial charge is 0.407 e. The van der Waals surface area contributed by atoms with E-state index in [1.807, 2.05) is 44.2 Å². The van der Waals surface area contributed by atoms with Crippen LogP contribution >= 0.6 is 0 Å². The fourth-order valence-electron chi connectivity index (χ4n) is 2.06. The minimum absolute atomic E-state index is 0.121. The second kappa shape index (κ2) is 9.04. The molecule has 0 bridgehead atoms. The Morgan fingerprint density at radius 1 is 1.23 bits per heavy atom. The molecule has 0 aliphatic heterocycles. The van der Waals surface area contributed by atoms with E-state index in [-0.39, 0.29) is 12.5 Å². The van der Waals surface area contributed by atoms with Crippen molar-refractivity contribution in [3.63, 3.8) is 0 Å². The summed E-state index contributed by atoms with van der Waals surface area (Å²) in [4.78, 5) is 22.5. The first-order valence-corrected chi connectivity index (χ1v) is 7.25. The van der Waals surface area contributed by atoms with Crippen LogP contribution in [0.3, 0.4) is 0 Å². The number of aliphatic hydroxyl groups is 1. The Bertz CT molecular complexity index is 475. The van der Waals surface area contributed by atoms with Crippen molar-refractivity contribution in [2.45, 2.75) is 45.4 Å². The Labute approximate surface area is 130 Å². The number of hydrogen-bond donors (Lipinski definition) is 3. The maximum Gasteiger partial charge on any atom is 0.407 e. The highest BCUT2D eigenvalue weighted by Gasteiger charge is 2.25. The second-order valence-corrected chi connectivity index (χ2v) is 5.61. The van der Waals surface area contributed by atoms with Gasteiger partial charge in [-0.15, -0.1) is 0 Å². The number of aliphatic carboxylic acids is 1. The van der Waals surface area contributed by atoms with E-state index in [9.17, 15) is 14.7 Å². The van der Waals surface area contributed by atoms with Crippen molar-refractivity contribution in [1.29, 1.82) is 0 Å². The number of aliphatic hydroxyl groups excluding tert-OH is 1. The number of benzene rings is 1. The van der Waals surface area contributed by atoms with E-state index in [1.54, 1.807) is 0 Å². The standard InChI is InChI=1S/C16H23NO5/c1-11(2)8-13(14(18)9-15(19)20)17-16(21)22-10-12-6-4-3-5-7-12/h3-7,11,13-14,18H,8-10H2,1-2H3,(H,17,21)(H,19,20)/t13-,14-/m1/s1. The summed E-state index contributed by atoms with van der Waals surface area (Å²) < 4.78 is 5.09. The number of carboxylic acids is 1. The molecule has 1 amide bonds. The van der Waals surface area contributed by atoms with E-state index in [1.165, 1.54) is 0 Å². The zero-order valence-corrected chi connectivity index (χ0v) is 12.9. The van der Waals surface area contributed by atoms with Crippen LogP contribution < -0.4 is 5.32 Å². The Morgan fingerprint density at radius 2 is 1.86 bits per heavy atom. The van der Waals surface area contributed by atoms with Crippen molar-refractivity contribution in [2.24, 2.45) is 5.92 Å². The maximum absolute atomic E-state index is 11.8. The second-order valence-electron chi connectivity index (χ2n) is 5.61. The Balaban J connectivity index is 2.52. The first kappa shape index (κ1) is 18.0. The number of carbonyl (C=O) groups is 2. The van der Waals surface area contributed by atoms with Gasteiger partial charge in [-0.05, 0) is 17.9 Å². The predicted octanol–water partition coefficient (Wildman–Crippen LogP) is 2.16. The third kappa shape index (κ3) is 7.08. The fraction of sp³-hybridized carbons (Fsp3) is 0.500. The molecule has 3 N–H and O–H groups in total. The van der Waals surface area contributed by atoms with Gasteiger partial charge in [0.15, 0.2) is 0 Å². The summed E-state index contributed by atoms with van der Waals surface area (Å²) in [5.41, 5.74) is 0.851. The molecule has 0 aliphatic rings. The number of nitrogens with one attached hydrogen (secondary N) is 1. The van der Waals surface area contributed by atoms with E-state index in [4.69, 9.17) is 9.84 Å². The average Bonchev–Trinajstić information content (AvgIpc) is 2.44. The van der Waals surface area contributed by atoms with Crippen LogP contribution in [0.2, 0.25) is 0 Å². The van der Waals surface area contributed by atoms with Crippen LogP contribution in [-0.4, -0.2) is 34.4 Å². The van der Waals surface area contributed by atoms with Crippen molar-refractivity contribution in [2.75, 3.05) is 0 Å². The van der Waals surface area contributed by atoms with Crippen LogP contribution in [-0.2, 0) is 16.1 Å². The number of alkyl carbamates (subject to hydrolysis) is 1. The summed E-state index contributed by atoms with van der Waals surface area (Å²) in [5.74, 6) is -0.913. The lowest BCUT2D eigenvalue weighted by Gasteiger charge is -2.24. The molecule has 2 atom stereocenters. The molecule has 0 heterocycles. The normalized spacial score (nSPS) is 13.5. The van der Waals surface area contributed by atoms with Gasteiger partial charge < -0.3 is 20.3 Å². The molecule has 1 aromatic rings. The van der Waals surface area contributed by atoms with Gasteiger partial charge in [0.2, 0.25) is 0 Å². The summed E-state index contributed by atoms with van der Waals surface area (Å²) in [6.07, 6.45) is -1.77. The molecule has 122 valence electrons. The summed E-state index contributed by atoms with van der Waals surface area (Å²) in [5, 5.41) is 21.2. The number of carboxylic acid groups (broad SMARTS) is 1. The third-order valence-electron chi connectivity index (χ3n) is 3.09. The number of rotatable bonds is 8. The maximum atomic E-state index is 11.8. The highest BCUT2D eigenvalue weighted by molar-refractivity contribution is 5.69. The predicted molar refractivity (Wildman–Crippen MR) is 81.3 cm³/mol. The molecule has 0 radical (unpaired) electrons. The Morgan fingerprint density at radius 3 is 2.41 bits per heavy atom. The molecular formula is C16H23NO5. The van der Waals surface area contributed by atoms with Crippen molar-refractivity contribution < 1.29 is 24.5 Å². The van der Waals surface area contributed by atoms with Crippen molar-refractivity contribution >= 4 is 12.1 Å². The molecule has 0 saturated carbocycles. The molecule has 0 saturated heterocycles. The largest absolute Gasteiger partial charge is 0.481 e. The first-order chi connectivity index (χ1) is 10.4. The van der Waals surface area contributed by atoms with Crippen molar-refractivity contribution in [3.05, 3.63) is 35.9 Å². The molecule has 1 aromatic carbocycles. The van der Waals surface area contributed by atoms with Gasteiger partial charge in [-0.25, -0.2) is 4.79 Å². The molecule has 6 nitrogen and oxygen atoms in total. The van der Waals surface area contributed by atoms with E-state index in [0.717, 1.165) is 5.56 Å². The third-order valence-corrected chi connectivity index (χ3v) is 3.09. The van der Waals surface area contributed by atoms with Crippen LogP contribution in [0.5, 0.6) is 0 Å². The fourth-order valence-corrected chi connectivity index (χ4v) is 2.06. The van der Waals surface area contributed by atoms with E-state index >= 15 is 0 Å². The molecular weight excluding hydrogens is 286 g/mol. The van der Waals surface area contributed by atoms with Crippen LogP contribution in [0.1, 0.15) is 32.3 Å². The van der Waals surface area contributed by atoms with Crippen molar-refractivity contribution in [1.82, 2.24) is 5.32 Å². The van der Waals surface area contributed by atoms with Gasteiger partial charge in [0, 0.05) is 0 Å². The molecule has 6 heteroatoms. The molecule has 0 spiro atoms. The van der Waals surface area contributed by atoms with Crippen LogP contribution in [0.4, 0.5) is 4.79 Å². The van der Waals surface area contributed by atoms with Gasteiger partial charge in [0.1, 0.15) is 6.61 Å². The van der Waals surface area contributed by atoms with Crippen LogP contribution in [0, 0.1) is 5.92 Å². The quantitative estimate of drug-likeness (QED) is 0.684. The summed E-state index contributed by atoms with van der Waals surface area (Å²) in [7, 11) is 0. The van der Waals surface area contributed by atoms with E-state index in [0.29, 0.717) is 6.42 Å². The molecule has 0 fully saturated rings. The molecule has 0 aliphatic carbocycles. The molecule has 0 aromatic heterocycles. The summed E-state index contributed by atoms with van der Waals surface area (Å²) in [6.45, 7) is 3.98. The molecule has 0 unspecified atom stereocenters. The minimum atomic E-state index is -1.15. The highest BCUT2D eigenvalue weighted by Crippen LogP contribution is 2.11. The van der Waals surface area contributed by atoms with Crippen molar-refractivity contribution in [3.8, 4) is 0 Å². The van der Waals surface area contributed by atoms with E-state index in [2.05, 4.69) is 5.32 Å². The van der Waals surface area contributed by atoms with Crippen LogP contribution in [0.15, 0.2) is 30.3 Å². The summed E-state index contributed by atoms with van der Waals surface area (Å²) >= 11 is 0. The number of carbonyl (C=O) groups excluding carboxylic acids is 1. The number of ether oxygens (including phenoxy) is 1. The first-order valence-electron chi connectivity index (χ1n) is 7.25. The lowest BCUT2D eigenvalue weighted by atomic mass is 9.97. The summed E-state index contributed by atoms with van der Waals surface area (Å²) in [6, 6.07) is 8.56. The lowest BCUT2D eigenvalue weighted by molar-refractivity contribution is -0.139. The topological polar surface area (TPSA) is 95.9 Å². The average molecular weight is 309 g/mol. The lowest BCUT2D eigenvalue weighted by Crippen LogP contribution is -2.45. The van der Waals surface area contributed by atoms with Gasteiger partial charge in [-0.1, -0.05) is 44.2 Å². The van der Waals surface area contributed by atoms with Crippen LogP contribution in [0.25, 0.3) is 0 Å². The molecule has 1 rings (SSSR count). The number of amides is 1. The zero-order chi connectivity index (χ0) is 16.5. The van der Waals surface area contributed by atoms with Gasteiger partial charge in [0.05, 0.1) is 18.6 Å². The highest BCUT2D eigenvalue weighted by atomic mass is 16.5.